The van der Waals surface area contributed by atoms with Crippen molar-refractivity contribution < 1.29 is 19.1 Å². The molecule has 7 nitrogen and oxygen atoms in total. The Balaban J connectivity index is 1.57. The smallest absolute Gasteiger partial charge is 0.253 e. The van der Waals surface area contributed by atoms with Crippen molar-refractivity contribution in [1.29, 1.82) is 0 Å². The SMILES string of the molecule is COc1ccc(C(=O)N2CCN(C(=O)C3CCCN3C(C)=O)CC2)cc1. The predicted molar refractivity (Wildman–Crippen MR) is 95.9 cm³/mol. The Morgan fingerprint density at radius 3 is 2.15 bits per heavy atom. The van der Waals surface area contributed by atoms with E-state index in [-0.39, 0.29) is 23.8 Å². The average molecular weight is 359 g/mol. The molecule has 0 saturated carbocycles. The Kier molecular flexibility index (Phi) is 5.44. The number of methoxy groups -OCH3 is 1. The van der Waals surface area contributed by atoms with Crippen LogP contribution in [0.15, 0.2) is 24.3 Å². The van der Waals surface area contributed by atoms with Gasteiger partial charge in [0.2, 0.25) is 11.8 Å². The zero-order chi connectivity index (χ0) is 18.7. The summed E-state index contributed by atoms with van der Waals surface area (Å²) in [6.07, 6.45) is 1.59. The molecule has 0 N–H and O–H groups in total. The standard InChI is InChI=1S/C19H25N3O4/c1-14(23)22-9-3-4-17(22)19(25)21-12-10-20(11-13-21)18(24)15-5-7-16(26-2)8-6-15/h5-8,17H,3-4,9-13H2,1-2H3. The molecular formula is C19H25N3O4. The Morgan fingerprint density at radius 2 is 1.58 bits per heavy atom. The lowest BCUT2D eigenvalue weighted by atomic mass is 10.1. The van der Waals surface area contributed by atoms with Crippen molar-refractivity contribution in [3.05, 3.63) is 29.8 Å². The largest absolute Gasteiger partial charge is 0.497 e. The van der Waals surface area contributed by atoms with Gasteiger partial charge in [0.05, 0.1) is 7.11 Å². The van der Waals surface area contributed by atoms with Gasteiger partial charge in [0.1, 0.15) is 11.8 Å². The highest BCUT2D eigenvalue weighted by Gasteiger charge is 2.36. The van der Waals surface area contributed by atoms with Gasteiger partial charge in [-0.25, -0.2) is 0 Å². The number of hydrogen-bond donors (Lipinski definition) is 0. The normalized spacial score (nSPS) is 20.2. The van der Waals surface area contributed by atoms with Crippen LogP contribution in [0, 0.1) is 0 Å². The minimum absolute atomic E-state index is 0.00856. The minimum Gasteiger partial charge on any atom is -0.497 e. The molecule has 3 amide bonds. The molecule has 0 spiro atoms. The maximum atomic E-state index is 12.7. The Hall–Kier alpha value is -2.57. The molecule has 7 heteroatoms. The lowest BCUT2D eigenvalue weighted by molar-refractivity contribution is -0.143. The lowest BCUT2D eigenvalue weighted by Gasteiger charge is -2.37. The topological polar surface area (TPSA) is 70.2 Å². The molecule has 0 bridgehead atoms. The number of ether oxygens (including phenoxy) is 1. The molecule has 26 heavy (non-hydrogen) atoms. The molecule has 2 aliphatic rings. The second kappa shape index (κ2) is 7.76. The summed E-state index contributed by atoms with van der Waals surface area (Å²) in [5.41, 5.74) is 0.615. The van der Waals surface area contributed by atoms with E-state index in [0.29, 0.717) is 44.0 Å². The third-order valence-electron chi connectivity index (χ3n) is 5.16. The number of amides is 3. The molecule has 1 aromatic rings. The van der Waals surface area contributed by atoms with E-state index in [1.165, 1.54) is 6.92 Å². The highest BCUT2D eigenvalue weighted by Crippen LogP contribution is 2.21. The van der Waals surface area contributed by atoms with Crippen LogP contribution in [0.25, 0.3) is 0 Å². The van der Waals surface area contributed by atoms with E-state index in [1.54, 1.807) is 46.1 Å². The molecule has 2 saturated heterocycles. The third kappa shape index (κ3) is 3.66. The van der Waals surface area contributed by atoms with Gasteiger partial charge in [-0.15, -0.1) is 0 Å². The highest BCUT2D eigenvalue weighted by atomic mass is 16.5. The average Bonchev–Trinajstić information content (AvgIpc) is 3.17. The maximum Gasteiger partial charge on any atom is 0.253 e. The number of carbonyl (C=O) groups is 3. The minimum atomic E-state index is -0.337. The number of hydrogen-bond acceptors (Lipinski definition) is 4. The van der Waals surface area contributed by atoms with Crippen molar-refractivity contribution >= 4 is 17.7 Å². The lowest BCUT2D eigenvalue weighted by Crippen LogP contribution is -2.55. The van der Waals surface area contributed by atoms with Gasteiger partial charge in [0, 0.05) is 45.2 Å². The van der Waals surface area contributed by atoms with Gasteiger partial charge in [-0.2, -0.15) is 0 Å². The molecule has 2 aliphatic heterocycles. The quantitative estimate of drug-likeness (QED) is 0.807. The molecule has 1 aromatic carbocycles. The van der Waals surface area contributed by atoms with Crippen LogP contribution in [-0.4, -0.2) is 78.3 Å². The first-order chi connectivity index (χ1) is 12.5. The molecule has 2 heterocycles. The van der Waals surface area contributed by atoms with Crippen LogP contribution in [-0.2, 0) is 9.59 Å². The van der Waals surface area contributed by atoms with E-state index in [2.05, 4.69) is 0 Å². The fourth-order valence-electron chi connectivity index (χ4n) is 3.66. The summed E-state index contributed by atoms with van der Waals surface area (Å²) in [5.74, 6) is 0.637. The predicted octanol–water partition coefficient (Wildman–Crippen LogP) is 0.990. The number of rotatable bonds is 3. The Morgan fingerprint density at radius 1 is 0.962 bits per heavy atom. The fraction of sp³-hybridized carbons (Fsp3) is 0.526. The number of nitrogens with zero attached hydrogens (tertiary/aromatic N) is 3. The van der Waals surface area contributed by atoms with Crippen LogP contribution in [0.2, 0.25) is 0 Å². The van der Waals surface area contributed by atoms with E-state index in [4.69, 9.17) is 4.74 Å². The Bertz CT molecular complexity index is 681. The first-order valence-electron chi connectivity index (χ1n) is 9.00. The van der Waals surface area contributed by atoms with E-state index in [9.17, 15) is 14.4 Å². The zero-order valence-electron chi connectivity index (χ0n) is 15.3. The van der Waals surface area contributed by atoms with Crippen molar-refractivity contribution in [1.82, 2.24) is 14.7 Å². The van der Waals surface area contributed by atoms with Crippen molar-refractivity contribution in [2.75, 3.05) is 39.8 Å². The van der Waals surface area contributed by atoms with Crippen molar-refractivity contribution in [3.8, 4) is 5.75 Å². The number of benzene rings is 1. The van der Waals surface area contributed by atoms with E-state index in [1.807, 2.05) is 0 Å². The maximum absolute atomic E-state index is 12.7. The van der Waals surface area contributed by atoms with Crippen LogP contribution in [0.3, 0.4) is 0 Å². The van der Waals surface area contributed by atoms with E-state index in [0.717, 1.165) is 12.8 Å². The molecule has 0 radical (unpaired) electrons. The van der Waals surface area contributed by atoms with Crippen LogP contribution < -0.4 is 4.74 Å². The summed E-state index contributed by atoms with van der Waals surface area (Å²) in [4.78, 5) is 42.2. The zero-order valence-corrected chi connectivity index (χ0v) is 15.3. The number of likely N-dealkylation sites (tertiary alicyclic amines) is 1. The molecule has 3 rings (SSSR count). The monoisotopic (exact) mass is 359 g/mol. The Labute approximate surface area is 153 Å². The van der Waals surface area contributed by atoms with Crippen LogP contribution >= 0.6 is 0 Å². The van der Waals surface area contributed by atoms with Crippen molar-refractivity contribution in [3.63, 3.8) is 0 Å². The van der Waals surface area contributed by atoms with E-state index < -0.39 is 0 Å². The molecule has 0 aliphatic carbocycles. The summed E-state index contributed by atoms with van der Waals surface area (Å²) >= 11 is 0. The van der Waals surface area contributed by atoms with Crippen molar-refractivity contribution in [2.24, 2.45) is 0 Å². The van der Waals surface area contributed by atoms with Crippen molar-refractivity contribution in [2.45, 2.75) is 25.8 Å². The van der Waals surface area contributed by atoms with Gasteiger partial charge in [-0.3, -0.25) is 14.4 Å². The summed E-state index contributed by atoms with van der Waals surface area (Å²) in [6.45, 7) is 4.18. The molecule has 2 fully saturated rings. The molecule has 0 aromatic heterocycles. The summed E-state index contributed by atoms with van der Waals surface area (Å²) in [5, 5.41) is 0. The second-order valence-corrected chi connectivity index (χ2v) is 6.72. The first kappa shape index (κ1) is 18.2. The fourth-order valence-corrected chi connectivity index (χ4v) is 3.66. The number of carbonyl (C=O) groups excluding carboxylic acids is 3. The van der Waals surface area contributed by atoms with Gasteiger partial charge in [0.15, 0.2) is 0 Å². The van der Waals surface area contributed by atoms with E-state index >= 15 is 0 Å². The van der Waals surface area contributed by atoms with Gasteiger partial charge < -0.3 is 19.4 Å². The second-order valence-electron chi connectivity index (χ2n) is 6.72. The molecule has 1 unspecified atom stereocenters. The summed E-state index contributed by atoms with van der Waals surface area (Å²) < 4.78 is 5.11. The molecule has 140 valence electrons. The number of piperazine rings is 1. The summed E-state index contributed by atoms with van der Waals surface area (Å²) in [6, 6.07) is 6.70. The molecular weight excluding hydrogens is 334 g/mol. The summed E-state index contributed by atoms with van der Waals surface area (Å²) in [7, 11) is 1.59. The van der Waals surface area contributed by atoms with Gasteiger partial charge >= 0.3 is 0 Å². The first-order valence-corrected chi connectivity index (χ1v) is 9.00. The van der Waals surface area contributed by atoms with Gasteiger partial charge in [0.25, 0.3) is 5.91 Å². The van der Waals surface area contributed by atoms with Crippen LogP contribution in [0.1, 0.15) is 30.1 Å². The van der Waals surface area contributed by atoms with Crippen LogP contribution in [0.5, 0.6) is 5.75 Å². The third-order valence-corrected chi connectivity index (χ3v) is 5.16. The van der Waals surface area contributed by atoms with Crippen LogP contribution in [0.4, 0.5) is 0 Å². The van der Waals surface area contributed by atoms with Gasteiger partial charge in [-0.1, -0.05) is 0 Å². The highest BCUT2D eigenvalue weighted by molar-refractivity contribution is 5.94. The molecule has 1 atom stereocenters. The van der Waals surface area contributed by atoms with Gasteiger partial charge in [-0.05, 0) is 37.1 Å².